The highest BCUT2D eigenvalue weighted by atomic mass is 79.9. The SMILES string of the molecule is C[C@@H]1[C@@H](OC(=O)c2nc3ncc(Br)cn3n2)C[C@H]2C[C@H]1C2(C)C. The molecule has 2 aromatic heterocycles. The summed E-state index contributed by atoms with van der Waals surface area (Å²) < 4.78 is 7.98. The van der Waals surface area contributed by atoms with Crippen LogP contribution in [0.25, 0.3) is 5.78 Å². The molecule has 5 rings (SSSR count). The standard InChI is InChI=1S/C16H19BrN4O2/c1-8-11-4-9(16(11,2)3)5-12(8)23-14(22)13-19-15-18-6-10(17)7-21(15)20-13/h6-9,11-12H,4-5H2,1-3H3/t8-,9+,11+,12-/m0/s1. The van der Waals surface area contributed by atoms with E-state index in [9.17, 15) is 4.79 Å². The normalized spacial score (nSPS) is 31.7. The van der Waals surface area contributed by atoms with Crippen LogP contribution in [0.1, 0.15) is 44.2 Å². The van der Waals surface area contributed by atoms with Crippen molar-refractivity contribution < 1.29 is 9.53 Å². The second-order valence-corrected chi connectivity index (χ2v) is 8.27. The molecule has 0 radical (unpaired) electrons. The topological polar surface area (TPSA) is 69.4 Å². The molecule has 0 N–H and O–H groups in total. The summed E-state index contributed by atoms with van der Waals surface area (Å²) in [6.45, 7) is 6.84. The third-order valence-electron chi connectivity index (χ3n) is 5.89. The molecule has 3 saturated carbocycles. The molecule has 3 aliphatic rings. The fourth-order valence-corrected chi connectivity index (χ4v) is 4.59. The van der Waals surface area contributed by atoms with Crippen LogP contribution < -0.4 is 0 Å². The smallest absolute Gasteiger partial charge is 0.378 e. The van der Waals surface area contributed by atoms with Gasteiger partial charge in [-0.2, -0.15) is 4.98 Å². The van der Waals surface area contributed by atoms with Crippen LogP contribution in [0.3, 0.4) is 0 Å². The van der Waals surface area contributed by atoms with E-state index in [4.69, 9.17) is 4.74 Å². The monoisotopic (exact) mass is 378 g/mol. The van der Waals surface area contributed by atoms with Gasteiger partial charge in [-0.25, -0.2) is 14.3 Å². The van der Waals surface area contributed by atoms with Crippen LogP contribution in [0.2, 0.25) is 0 Å². The Bertz CT molecular complexity index is 787. The molecule has 2 heterocycles. The van der Waals surface area contributed by atoms with Crippen LogP contribution in [0.5, 0.6) is 0 Å². The maximum Gasteiger partial charge on any atom is 0.378 e. The maximum absolute atomic E-state index is 12.4. The first-order chi connectivity index (χ1) is 10.9. The minimum Gasteiger partial charge on any atom is -0.456 e. The molecular formula is C16H19BrN4O2. The highest BCUT2D eigenvalue weighted by molar-refractivity contribution is 9.10. The lowest BCUT2D eigenvalue weighted by Gasteiger charge is -2.61. The molecule has 3 fully saturated rings. The second-order valence-electron chi connectivity index (χ2n) is 7.35. The van der Waals surface area contributed by atoms with Gasteiger partial charge in [-0.15, -0.1) is 5.10 Å². The van der Waals surface area contributed by atoms with Gasteiger partial charge >= 0.3 is 5.97 Å². The summed E-state index contributed by atoms with van der Waals surface area (Å²) in [6.07, 6.45) is 5.50. The molecule has 0 aromatic carbocycles. The Morgan fingerprint density at radius 3 is 2.91 bits per heavy atom. The number of carbonyl (C=O) groups is 1. The largest absolute Gasteiger partial charge is 0.456 e. The van der Waals surface area contributed by atoms with Crippen molar-refractivity contribution in [3.05, 3.63) is 22.7 Å². The molecule has 3 aliphatic carbocycles. The average molecular weight is 379 g/mol. The number of fused-ring (bicyclic) bond motifs is 3. The summed E-state index contributed by atoms with van der Waals surface area (Å²) in [6, 6.07) is 0. The fourth-order valence-electron chi connectivity index (χ4n) is 4.29. The number of esters is 1. The van der Waals surface area contributed by atoms with Gasteiger partial charge in [0.2, 0.25) is 0 Å². The lowest BCUT2D eigenvalue weighted by atomic mass is 9.45. The van der Waals surface area contributed by atoms with E-state index in [1.807, 2.05) is 0 Å². The van der Waals surface area contributed by atoms with Crippen molar-refractivity contribution in [2.45, 2.75) is 39.7 Å². The van der Waals surface area contributed by atoms with E-state index >= 15 is 0 Å². The van der Waals surface area contributed by atoms with Gasteiger partial charge < -0.3 is 4.74 Å². The fraction of sp³-hybridized carbons (Fsp3) is 0.625. The summed E-state index contributed by atoms with van der Waals surface area (Å²) >= 11 is 3.32. The van der Waals surface area contributed by atoms with E-state index in [1.165, 1.54) is 10.9 Å². The Kier molecular flexibility index (Phi) is 3.27. The highest BCUT2D eigenvalue weighted by Crippen LogP contribution is 2.61. The van der Waals surface area contributed by atoms with Gasteiger partial charge in [0.15, 0.2) is 0 Å². The number of hydrogen-bond donors (Lipinski definition) is 0. The van der Waals surface area contributed by atoms with Gasteiger partial charge in [-0.05, 0) is 51.9 Å². The molecule has 7 heteroatoms. The molecule has 6 nitrogen and oxygen atoms in total. The van der Waals surface area contributed by atoms with Crippen molar-refractivity contribution in [2.75, 3.05) is 0 Å². The van der Waals surface area contributed by atoms with Gasteiger partial charge in [-0.3, -0.25) is 0 Å². The second kappa shape index (κ2) is 5.00. The van der Waals surface area contributed by atoms with Gasteiger partial charge in [-0.1, -0.05) is 20.8 Å². The van der Waals surface area contributed by atoms with Crippen molar-refractivity contribution in [3.8, 4) is 0 Å². The summed E-state index contributed by atoms with van der Waals surface area (Å²) in [5, 5.41) is 4.16. The third kappa shape index (κ3) is 2.28. The van der Waals surface area contributed by atoms with Crippen LogP contribution in [-0.4, -0.2) is 31.7 Å². The predicted octanol–water partition coefficient (Wildman–Crippen LogP) is 3.11. The number of nitrogens with zero attached hydrogens (tertiary/aromatic N) is 4. The maximum atomic E-state index is 12.4. The lowest BCUT2D eigenvalue weighted by molar-refractivity contribution is -0.156. The van der Waals surface area contributed by atoms with Gasteiger partial charge in [0, 0.05) is 12.4 Å². The molecule has 0 amide bonds. The first-order valence-electron chi connectivity index (χ1n) is 7.95. The zero-order valence-corrected chi connectivity index (χ0v) is 14.9. The highest BCUT2D eigenvalue weighted by Gasteiger charge is 2.57. The predicted molar refractivity (Wildman–Crippen MR) is 86.8 cm³/mol. The molecule has 0 unspecified atom stereocenters. The summed E-state index contributed by atoms with van der Waals surface area (Å²) in [7, 11) is 0. The number of carbonyl (C=O) groups excluding carboxylic acids is 1. The van der Waals surface area contributed by atoms with E-state index in [1.54, 1.807) is 12.4 Å². The van der Waals surface area contributed by atoms with Crippen molar-refractivity contribution >= 4 is 27.7 Å². The van der Waals surface area contributed by atoms with Gasteiger partial charge in [0.05, 0.1) is 4.47 Å². The van der Waals surface area contributed by atoms with Crippen LogP contribution in [0.4, 0.5) is 0 Å². The van der Waals surface area contributed by atoms with E-state index in [0.717, 1.165) is 10.9 Å². The number of hydrogen-bond acceptors (Lipinski definition) is 5. The quantitative estimate of drug-likeness (QED) is 0.750. The minimum atomic E-state index is -0.456. The first kappa shape index (κ1) is 15.1. The van der Waals surface area contributed by atoms with Crippen LogP contribution >= 0.6 is 15.9 Å². The molecule has 23 heavy (non-hydrogen) atoms. The minimum absolute atomic E-state index is 0.0365. The molecule has 0 aliphatic heterocycles. The molecular weight excluding hydrogens is 360 g/mol. The van der Waals surface area contributed by atoms with Crippen LogP contribution in [0.15, 0.2) is 16.9 Å². The summed E-state index contributed by atoms with van der Waals surface area (Å²) in [4.78, 5) is 20.7. The summed E-state index contributed by atoms with van der Waals surface area (Å²) in [5.74, 6) is 1.66. The Hall–Kier alpha value is -1.50. The first-order valence-corrected chi connectivity index (χ1v) is 8.74. The molecule has 2 aromatic rings. The Morgan fingerprint density at radius 1 is 1.43 bits per heavy atom. The zero-order chi connectivity index (χ0) is 16.4. The number of aromatic nitrogens is 4. The van der Waals surface area contributed by atoms with Crippen molar-refractivity contribution in [2.24, 2.45) is 23.2 Å². The molecule has 0 spiro atoms. The van der Waals surface area contributed by atoms with E-state index in [-0.39, 0.29) is 11.9 Å². The molecule has 2 bridgehead atoms. The van der Waals surface area contributed by atoms with E-state index < -0.39 is 5.97 Å². The van der Waals surface area contributed by atoms with E-state index in [2.05, 4.69) is 51.8 Å². The Balaban J connectivity index is 1.51. The Morgan fingerprint density at radius 2 is 2.22 bits per heavy atom. The van der Waals surface area contributed by atoms with Crippen LogP contribution in [0, 0.1) is 23.2 Å². The van der Waals surface area contributed by atoms with Crippen molar-refractivity contribution in [1.82, 2.24) is 19.6 Å². The Labute approximate surface area is 142 Å². The van der Waals surface area contributed by atoms with E-state index in [0.29, 0.717) is 28.9 Å². The van der Waals surface area contributed by atoms with Gasteiger partial charge in [0.25, 0.3) is 11.6 Å². The number of rotatable bonds is 2. The number of halogens is 1. The number of ether oxygens (including phenoxy) is 1. The van der Waals surface area contributed by atoms with Crippen molar-refractivity contribution in [1.29, 1.82) is 0 Å². The van der Waals surface area contributed by atoms with Crippen molar-refractivity contribution in [3.63, 3.8) is 0 Å². The lowest BCUT2D eigenvalue weighted by Crippen LogP contribution is -2.57. The molecule has 0 saturated heterocycles. The van der Waals surface area contributed by atoms with Crippen LogP contribution in [-0.2, 0) is 4.74 Å². The average Bonchev–Trinajstić information content (AvgIpc) is 2.91. The molecule has 4 atom stereocenters. The third-order valence-corrected chi connectivity index (χ3v) is 6.30. The molecule has 122 valence electrons. The zero-order valence-electron chi connectivity index (χ0n) is 13.4. The summed E-state index contributed by atoms with van der Waals surface area (Å²) in [5.41, 5.74) is 0.375. The van der Waals surface area contributed by atoms with Gasteiger partial charge in [0.1, 0.15) is 6.10 Å².